The molecule has 0 bridgehead atoms. The Balaban J connectivity index is 1.59. The van der Waals surface area contributed by atoms with Crippen LogP contribution in [0.5, 0.6) is 5.75 Å². The van der Waals surface area contributed by atoms with Crippen LogP contribution in [0.4, 0.5) is 5.82 Å². The van der Waals surface area contributed by atoms with Crippen LogP contribution in [0.3, 0.4) is 0 Å². The average Bonchev–Trinajstić information content (AvgIpc) is 2.96. The molecule has 1 aromatic heterocycles. The maximum Gasteiger partial charge on any atom is 0.255 e. The Morgan fingerprint density at radius 2 is 1.88 bits per heavy atom. The van der Waals surface area contributed by atoms with Crippen LogP contribution in [0.1, 0.15) is 41.6 Å². The van der Waals surface area contributed by atoms with Gasteiger partial charge in [-0.3, -0.25) is 4.79 Å². The van der Waals surface area contributed by atoms with E-state index in [9.17, 15) is 4.79 Å². The minimum absolute atomic E-state index is 0.144. The number of aromatic nitrogens is 1. The summed E-state index contributed by atoms with van der Waals surface area (Å²) < 4.78 is 5.23. The van der Waals surface area contributed by atoms with Gasteiger partial charge in [0.25, 0.3) is 5.91 Å². The minimum atomic E-state index is -0.144. The van der Waals surface area contributed by atoms with Crippen LogP contribution < -0.4 is 15.0 Å². The molecule has 0 saturated carbocycles. The fraction of sp³-hybridized carbons (Fsp3) is 0.400. The Morgan fingerprint density at radius 1 is 1.12 bits per heavy atom. The van der Waals surface area contributed by atoms with Gasteiger partial charge in [-0.25, -0.2) is 4.98 Å². The third-order valence-corrected chi connectivity index (χ3v) is 4.54. The van der Waals surface area contributed by atoms with Gasteiger partial charge < -0.3 is 15.0 Å². The Kier molecular flexibility index (Phi) is 5.88. The van der Waals surface area contributed by atoms with Crippen molar-refractivity contribution >= 4 is 11.7 Å². The van der Waals surface area contributed by atoms with Gasteiger partial charge in [0, 0.05) is 25.8 Å². The second-order valence-corrected chi connectivity index (χ2v) is 6.31. The van der Waals surface area contributed by atoms with E-state index in [1.165, 1.54) is 25.7 Å². The largest absolute Gasteiger partial charge is 0.496 e. The quantitative estimate of drug-likeness (QED) is 0.907. The van der Waals surface area contributed by atoms with E-state index in [0.29, 0.717) is 17.9 Å². The summed E-state index contributed by atoms with van der Waals surface area (Å²) in [6.07, 6.45) is 6.94. The second-order valence-electron chi connectivity index (χ2n) is 6.31. The third kappa shape index (κ3) is 4.50. The Hall–Kier alpha value is -2.56. The molecule has 5 nitrogen and oxygen atoms in total. The number of pyridine rings is 1. The van der Waals surface area contributed by atoms with Crippen molar-refractivity contribution in [3.63, 3.8) is 0 Å². The second kappa shape index (κ2) is 8.51. The number of nitrogens with one attached hydrogen (secondary N) is 1. The molecule has 2 aromatic rings. The number of ether oxygens (including phenoxy) is 1. The summed E-state index contributed by atoms with van der Waals surface area (Å²) in [6.45, 7) is 2.61. The Bertz CT molecular complexity index is 692. The molecule has 0 aliphatic carbocycles. The van der Waals surface area contributed by atoms with Gasteiger partial charge in [0.2, 0.25) is 0 Å². The van der Waals surface area contributed by atoms with Crippen LogP contribution in [-0.2, 0) is 6.54 Å². The molecule has 0 atom stereocenters. The van der Waals surface area contributed by atoms with Gasteiger partial charge in [0.1, 0.15) is 11.6 Å². The first kappa shape index (κ1) is 17.3. The molecular formula is C20H25N3O2. The molecule has 25 heavy (non-hydrogen) atoms. The molecule has 1 saturated heterocycles. The topological polar surface area (TPSA) is 54.5 Å². The number of benzene rings is 1. The number of hydrogen-bond donors (Lipinski definition) is 1. The average molecular weight is 339 g/mol. The van der Waals surface area contributed by atoms with Crippen LogP contribution in [0, 0.1) is 0 Å². The van der Waals surface area contributed by atoms with Gasteiger partial charge >= 0.3 is 0 Å². The Morgan fingerprint density at radius 3 is 2.56 bits per heavy atom. The van der Waals surface area contributed by atoms with Crippen LogP contribution in [0.2, 0.25) is 0 Å². The van der Waals surface area contributed by atoms with Crippen LogP contribution >= 0.6 is 0 Å². The summed E-state index contributed by atoms with van der Waals surface area (Å²) in [4.78, 5) is 19.3. The highest BCUT2D eigenvalue weighted by Gasteiger charge is 2.12. The van der Waals surface area contributed by atoms with E-state index < -0.39 is 0 Å². The fourth-order valence-electron chi connectivity index (χ4n) is 3.12. The molecule has 0 radical (unpaired) electrons. The van der Waals surface area contributed by atoms with Crippen LogP contribution in [-0.4, -0.2) is 31.1 Å². The molecule has 1 fully saturated rings. The number of nitrogens with zero attached hydrogens (tertiary/aromatic N) is 2. The van der Waals surface area contributed by atoms with Crippen molar-refractivity contribution in [2.75, 3.05) is 25.1 Å². The van der Waals surface area contributed by atoms with E-state index >= 15 is 0 Å². The van der Waals surface area contributed by atoms with Gasteiger partial charge in [-0.05, 0) is 36.6 Å². The lowest BCUT2D eigenvalue weighted by Gasteiger charge is -2.21. The van der Waals surface area contributed by atoms with Crippen LogP contribution in [0.25, 0.3) is 0 Å². The molecular weight excluding hydrogens is 314 g/mol. The summed E-state index contributed by atoms with van der Waals surface area (Å²) >= 11 is 0. The summed E-state index contributed by atoms with van der Waals surface area (Å²) in [5.74, 6) is 1.46. The summed E-state index contributed by atoms with van der Waals surface area (Å²) in [5.41, 5.74) is 1.53. The predicted molar refractivity (Wildman–Crippen MR) is 99.1 cm³/mol. The van der Waals surface area contributed by atoms with Crippen molar-refractivity contribution in [3.05, 3.63) is 53.7 Å². The minimum Gasteiger partial charge on any atom is -0.496 e. The number of para-hydroxylation sites is 1. The van der Waals surface area contributed by atoms with Gasteiger partial charge in [0.15, 0.2) is 0 Å². The zero-order chi connectivity index (χ0) is 17.5. The molecule has 1 N–H and O–H groups in total. The highest BCUT2D eigenvalue weighted by Crippen LogP contribution is 2.18. The lowest BCUT2D eigenvalue weighted by Crippen LogP contribution is -2.25. The fourth-order valence-corrected chi connectivity index (χ4v) is 3.12. The molecule has 1 aliphatic rings. The molecule has 5 heteroatoms. The van der Waals surface area contributed by atoms with E-state index in [1.807, 2.05) is 24.4 Å². The summed E-state index contributed by atoms with van der Waals surface area (Å²) in [7, 11) is 1.57. The summed E-state index contributed by atoms with van der Waals surface area (Å²) in [6, 6.07) is 11.3. The van der Waals surface area contributed by atoms with Crippen molar-refractivity contribution in [1.82, 2.24) is 10.3 Å². The highest BCUT2D eigenvalue weighted by atomic mass is 16.5. The van der Waals surface area contributed by atoms with E-state index in [4.69, 9.17) is 4.74 Å². The van der Waals surface area contributed by atoms with Crippen LogP contribution in [0.15, 0.2) is 42.6 Å². The van der Waals surface area contributed by atoms with E-state index in [0.717, 1.165) is 24.5 Å². The molecule has 2 heterocycles. The highest BCUT2D eigenvalue weighted by molar-refractivity contribution is 5.96. The number of anilines is 1. The number of amides is 1. The lowest BCUT2D eigenvalue weighted by atomic mass is 10.2. The molecule has 0 unspecified atom stereocenters. The first-order valence-electron chi connectivity index (χ1n) is 8.89. The van der Waals surface area contributed by atoms with Gasteiger partial charge in [-0.15, -0.1) is 0 Å². The number of carbonyl (C=O) groups is 1. The normalized spacial score (nSPS) is 14.7. The maximum absolute atomic E-state index is 12.3. The van der Waals surface area contributed by atoms with Gasteiger partial charge in [0.05, 0.1) is 12.7 Å². The molecule has 1 amide bonds. The molecule has 1 aromatic carbocycles. The van der Waals surface area contributed by atoms with Crippen molar-refractivity contribution < 1.29 is 9.53 Å². The predicted octanol–water partition coefficient (Wildman–Crippen LogP) is 3.40. The van der Waals surface area contributed by atoms with Gasteiger partial charge in [-0.2, -0.15) is 0 Å². The van der Waals surface area contributed by atoms with Crippen molar-refractivity contribution in [3.8, 4) is 5.75 Å². The van der Waals surface area contributed by atoms with E-state index in [2.05, 4.69) is 21.3 Å². The van der Waals surface area contributed by atoms with Crippen molar-refractivity contribution in [2.45, 2.75) is 32.2 Å². The smallest absolute Gasteiger partial charge is 0.255 e. The molecule has 3 rings (SSSR count). The lowest BCUT2D eigenvalue weighted by molar-refractivity contribution is 0.0948. The van der Waals surface area contributed by atoms with E-state index in [-0.39, 0.29) is 5.91 Å². The summed E-state index contributed by atoms with van der Waals surface area (Å²) in [5, 5.41) is 2.93. The number of rotatable bonds is 5. The maximum atomic E-state index is 12.3. The SMILES string of the molecule is COc1ccccc1C(=O)NCc1ccc(N2CCCCCC2)nc1. The molecule has 132 valence electrons. The first-order chi connectivity index (χ1) is 12.3. The van der Waals surface area contributed by atoms with Crippen molar-refractivity contribution in [1.29, 1.82) is 0 Å². The monoisotopic (exact) mass is 339 g/mol. The first-order valence-corrected chi connectivity index (χ1v) is 8.89. The zero-order valence-corrected chi connectivity index (χ0v) is 14.7. The molecule has 1 aliphatic heterocycles. The zero-order valence-electron chi connectivity index (χ0n) is 14.7. The van der Waals surface area contributed by atoms with Gasteiger partial charge in [-0.1, -0.05) is 31.0 Å². The van der Waals surface area contributed by atoms with E-state index in [1.54, 1.807) is 19.2 Å². The van der Waals surface area contributed by atoms with Crippen molar-refractivity contribution in [2.24, 2.45) is 0 Å². The molecule has 0 spiro atoms. The third-order valence-electron chi connectivity index (χ3n) is 4.54. The number of hydrogen-bond acceptors (Lipinski definition) is 4. The number of methoxy groups -OCH3 is 1. The Labute approximate surface area is 149 Å². The standard InChI is InChI=1S/C20H25N3O2/c1-25-18-9-5-4-8-17(18)20(24)22-15-16-10-11-19(21-14-16)23-12-6-2-3-7-13-23/h4-5,8-11,14H,2-3,6-7,12-13,15H2,1H3,(H,22,24). The number of carbonyl (C=O) groups excluding carboxylic acids is 1.